The summed E-state index contributed by atoms with van der Waals surface area (Å²) in [5, 5.41) is 7.26. The van der Waals surface area contributed by atoms with Gasteiger partial charge in [0.05, 0.1) is 17.6 Å². The Bertz CT molecular complexity index is 1040. The van der Waals surface area contributed by atoms with Crippen LogP contribution >= 0.6 is 15.9 Å². The molecular formula is C21H18BrFN4O. The molecule has 0 aliphatic rings. The smallest absolute Gasteiger partial charge is 0.251 e. The maximum absolute atomic E-state index is 13.2. The van der Waals surface area contributed by atoms with Crippen LogP contribution in [0.25, 0.3) is 17.3 Å². The highest BCUT2D eigenvalue weighted by atomic mass is 79.9. The predicted molar refractivity (Wildman–Crippen MR) is 111 cm³/mol. The third kappa shape index (κ3) is 4.26. The fourth-order valence-corrected chi connectivity index (χ4v) is 3.20. The summed E-state index contributed by atoms with van der Waals surface area (Å²) in [6.07, 6.45) is 6.64. The van der Waals surface area contributed by atoms with Crippen molar-refractivity contribution < 1.29 is 9.18 Å². The van der Waals surface area contributed by atoms with Crippen LogP contribution in [0.3, 0.4) is 0 Å². The van der Waals surface area contributed by atoms with Crippen molar-refractivity contribution >= 4 is 33.5 Å². The quantitative estimate of drug-likeness (QED) is 0.452. The molecule has 0 saturated heterocycles. The zero-order chi connectivity index (χ0) is 20.1. The van der Waals surface area contributed by atoms with Gasteiger partial charge in [0.2, 0.25) is 0 Å². The molecule has 3 rings (SSSR count). The minimum atomic E-state index is -0.326. The minimum Gasteiger partial charge on any atom is -0.348 e. The van der Waals surface area contributed by atoms with Gasteiger partial charge < -0.3 is 5.32 Å². The van der Waals surface area contributed by atoms with Gasteiger partial charge in [-0.3, -0.25) is 4.79 Å². The monoisotopic (exact) mass is 440 g/mol. The number of nitrogens with zero attached hydrogens (tertiary/aromatic N) is 3. The van der Waals surface area contributed by atoms with Crippen molar-refractivity contribution in [1.82, 2.24) is 20.1 Å². The third-order valence-corrected chi connectivity index (χ3v) is 4.57. The number of aromatic nitrogens is 3. The highest BCUT2D eigenvalue weighted by molar-refractivity contribution is 9.10. The molecule has 1 aromatic carbocycles. The summed E-state index contributed by atoms with van der Waals surface area (Å²) in [7, 11) is 0. The molecule has 2 aromatic heterocycles. The first kappa shape index (κ1) is 19.7. The summed E-state index contributed by atoms with van der Waals surface area (Å²) >= 11 is 3.32. The molecule has 0 bridgehead atoms. The van der Waals surface area contributed by atoms with E-state index in [2.05, 4.69) is 37.9 Å². The highest BCUT2D eigenvalue weighted by Crippen LogP contribution is 2.24. The van der Waals surface area contributed by atoms with Gasteiger partial charge in [0, 0.05) is 23.9 Å². The summed E-state index contributed by atoms with van der Waals surface area (Å²) in [6.45, 7) is 6.00. The SMILES string of the molecule is C=Cc1c(/C(=C\C)C(=O)NCc2ccnc(Br)c2)cnn1-c1ccc(F)cc1. The summed E-state index contributed by atoms with van der Waals surface area (Å²) in [6, 6.07) is 9.64. The molecule has 0 radical (unpaired) electrons. The molecule has 142 valence electrons. The summed E-state index contributed by atoms with van der Waals surface area (Å²) in [5.41, 5.74) is 3.39. The molecule has 1 N–H and O–H groups in total. The Balaban J connectivity index is 1.85. The molecule has 0 atom stereocenters. The molecule has 7 heteroatoms. The first-order valence-corrected chi connectivity index (χ1v) is 9.34. The van der Waals surface area contributed by atoms with Crippen molar-refractivity contribution in [1.29, 1.82) is 0 Å². The van der Waals surface area contributed by atoms with Crippen molar-refractivity contribution in [3.8, 4) is 5.69 Å². The number of benzene rings is 1. The first-order valence-electron chi connectivity index (χ1n) is 8.55. The average Bonchev–Trinajstić information content (AvgIpc) is 3.11. The lowest BCUT2D eigenvalue weighted by Crippen LogP contribution is -2.24. The Kier molecular flexibility index (Phi) is 6.16. The number of pyridine rings is 1. The van der Waals surface area contributed by atoms with Crippen molar-refractivity contribution in [3.05, 3.63) is 88.7 Å². The molecular weight excluding hydrogens is 423 g/mol. The molecule has 5 nitrogen and oxygen atoms in total. The number of amides is 1. The van der Waals surface area contributed by atoms with Gasteiger partial charge in [0.25, 0.3) is 5.91 Å². The number of hydrogen-bond acceptors (Lipinski definition) is 3. The zero-order valence-electron chi connectivity index (χ0n) is 15.2. The van der Waals surface area contributed by atoms with Gasteiger partial charge in [-0.25, -0.2) is 14.1 Å². The Hall–Kier alpha value is -3.06. The largest absolute Gasteiger partial charge is 0.348 e. The Morgan fingerprint density at radius 1 is 1.32 bits per heavy atom. The van der Waals surface area contributed by atoms with E-state index in [1.165, 1.54) is 12.1 Å². The molecule has 0 fully saturated rings. The van der Waals surface area contributed by atoms with Crippen LogP contribution in [0.1, 0.15) is 23.7 Å². The zero-order valence-corrected chi connectivity index (χ0v) is 16.8. The standard InChI is InChI=1S/C21H18BrFN4O/c1-3-17(21(28)25-12-14-9-10-24-20(22)11-14)18-13-26-27(19(18)4-2)16-7-5-15(23)6-8-16/h3-11,13H,2,12H2,1H3,(H,25,28)/b17-3+. The number of halogens is 2. The van der Waals surface area contributed by atoms with Crippen LogP contribution in [0.4, 0.5) is 4.39 Å². The first-order chi connectivity index (χ1) is 13.5. The number of carbonyl (C=O) groups is 1. The van der Waals surface area contributed by atoms with Crippen LogP contribution < -0.4 is 5.32 Å². The van der Waals surface area contributed by atoms with E-state index in [0.717, 1.165) is 5.56 Å². The number of rotatable bonds is 6. The number of allylic oxidation sites excluding steroid dienone is 1. The van der Waals surface area contributed by atoms with Gasteiger partial charge in [0.1, 0.15) is 10.4 Å². The second-order valence-corrected chi connectivity index (χ2v) is 6.72. The summed E-state index contributed by atoms with van der Waals surface area (Å²) in [5.74, 6) is -0.551. The lowest BCUT2D eigenvalue weighted by Gasteiger charge is -2.10. The van der Waals surface area contributed by atoms with Crippen LogP contribution in [-0.4, -0.2) is 20.7 Å². The van der Waals surface area contributed by atoms with E-state index in [4.69, 9.17) is 0 Å². The van der Waals surface area contributed by atoms with E-state index < -0.39 is 0 Å². The van der Waals surface area contributed by atoms with E-state index in [1.807, 2.05) is 12.1 Å². The molecule has 3 aromatic rings. The van der Waals surface area contributed by atoms with Gasteiger partial charge in [-0.2, -0.15) is 5.10 Å². The topological polar surface area (TPSA) is 59.8 Å². The predicted octanol–water partition coefficient (Wildman–Crippen LogP) is 4.53. The molecule has 0 saturated carbocycles. The van der Waals surface area contributed by atoms with Gasteiger partial charge in [-0.15, -0.1) is 0 Å². The van der Waals surface area contributed by atoms with Gasteiger partial charge >= 0.3 is 0 Å². The fourth-order valence-electron chi connectivity index (χ4n) is 2.79. The maximum Gasteiger partial charge on any atom is 0.251 e. The lowest BCUT2D eigenvalue weighted by atomic mass is 10.1. The van der Waals surface area contributed by atoms with Crippen LogP contribution in [0.2, 0.25) is 0 Å². The Labute approximate surface area is 170 Å². The van der Waals surface area contributed by atoms with Crippen molar-refractivity contribution in [2.45, 2.75) is 13.5 Å². The van der Waals surface area contributed by atoms with E-state index in [9.17, 15) is 9.18 Å². The van der Waals surface area contributed by atoms with Crippen molar-refractivity contribution in [2.24, 2.45) is 0 Å². The average molecular weight is 441 g/mol. The van der Waals surface area contributed by atoms with Crippen LogP contribution in [0.15, 0.2) is 66.1 Å². The third-order valence-electron chi connectivity index (χ3n) is 4.14. The van der Waals surface area contributed by atoms with E-state index in [1.54, 1.807) is 48.3 Å². The van der Waals surface area contributed by atoms with E-state index in [-0.39, 0.29) is 11.7 Å². The fraction of sp³-hybridized carbons (Fsp3) is 0.0952. The normalized spacial score (nSPS) is 11.3. The molecule has 28 heavy (non-hydrogen) atoms. The molecule has 0 aliphatic carbocycles. The molecule has 2 heterocycles. The molecule has 0 unspecified atom stereocenters. The van der Waals surface area contributed by atoms with Crippen LogP contribution in [0.5, 0.6) is 0 Å². The highest BCUT2D eigenvalue weighted by Gasteiger charge is 2.18. The lowest BCUT2D eigenvalue weighted by molar-refractivity contribution is -0.115. The molecule has 0 spiro atoms. The molecule has 1 amide bonds. The van der Waals surface area contributed by atoms with Crippen molar-refractivity contribution in [3.63, 3.8) is 0 Å². The van der Waals surface area contributed by atoms with Crippen LogP contribution in [-0.2, 0) is 11.3 Å². The van der Waals surface area contributed by atoms with Crippen molar-refractivity contribution in [2.75, 3.05) is 0 Å². The minimum absolute atomic E-state index is 0.225. The number of nitrogens with one attached hydrogen (secondary N) is 1. The van der Waals surface area contributed by atoms with Crippen LogP contribution in [0, 0.1) is 5.82 Å². The van der Waals surface area contributed by atoms with Gasteiger partial charge in [-0.05, 0) is 70.9 Å². The second kappa shape index (κ2) is 8.75. The van der Waals surface area contributed by atoms with E-state index >= 15 is 0 Å². The number of carbonyl (C=O) groups excluding carboxylic acids is 1. The molecule has 0 aliphatic heterocycles. The number of hydrogen-bond donors (Lipinski definition) is 1. The van der Waals surface area contributed by atoms with Gasteiger partial charge in [0.15, 0.2) is 0 Å². The second-order valence-electron chi connectivity index (χ2n) is 5.91. The Morgan fingerprint density at radius 2 is 2.07 bits per heavy atom. The summed E-state index contributed by atoms with van der Waals surface area (Å²) in [4.78, 5) is 16.8. The maximum atomic E-state index is 13.2. The van der Waals surface area contributed by atoms with E-state index in [0.29, 0.717) is 33.7 Å². The van der Waals surface area contributed by atoms with Gasteiger partial charge in [-0.1, -0.05) is 12.7 Å². The Morgan fingerprint density at radius 3 is 2.71 bits per heavy atom. The summed E-state index contributed by atoms with van der Waals surface area (Å²) < 4.78 is 15.5.